The molecule has 1 N–H and O–H groups in total. The van der Waals surface area contributed by atoms with Crippen molar-refractivity contribution in [3.8, 4) is 0 Å². The molecule has 0 spiro atoms. The second-order valence-electron chi connectivity index (χ2n) is 5.59. The Morgan fingerprint density at radius 3 is 2.38 bits per heavy atom. The summed E-state index contributed by atoms with van der Waals surface area (Å²) in [6.07, 6.45) is 0.871. The minimum absolute atomic E-state index is 0.0928. The van der Waals surface area contributed by atoms with Crippen LogP contribution < -0.4 is 5.32 Å². The molecule has 0 saturated carbocycles. The van der Waals surface area contributed by atoms with Gasteiger partial charge in [-0.2, -0.15) is 0 Å². The first-order valence-electron chi connectivity index (χ1n) is 7.52. The second kappa shape index (κ2) is 8.45. The maximum Gasteiger partial charge on any atom is 0.291 e. The number of aliphatic imine (C=N–C) groups is 1. The van der Waals surface area contributed by atoms with E-state index in [1.807, 2.05) is 32.9 Å². The fraction of sp³-hybridized carbons (Fsp3) is 0.529. The fourth-order valence-electron chi connectivity index (χ4n) is 1.51. The molecule has 0 heterocycles. The molecular weight excluding hydrogens is 264 g/mol. The number of hydrogen-bond donors (Lipinski definition) is 1. The molecule has 1 aromatic rings. The highest BCUT2D eigenvalue weighted by atomic mass is 16.5. The van der Waals surface area contributed by atoms with E-state index in [4.69, 9.17) is 4.74 Å². The van der Waals surface area contributed by atoms with Gasteiger partial charge < -0.3 is 4.74 Å². The van der Waals surface area contributed by atoms with Gasteiger partial charge >= 0.3 is 0 Å². The van der Waals surface area contributed by atoms with Gasteiger partial charge in [0.2, 0.25) is 0 Å². The first kappa shape index (κ1) is 17.2. The number of amidine groups is 1. The van der Waals surface area contributed by atoms with Gasteiger partial charge in [0.25, 0.3) is 11.9 Å². The number of hydrogen-bond acceptors (Lipinski definition) is 3. The summed E-state index contributed by atoms with van der Waals surface area (Å²) in [5.41, 5.74) is 1.72. The number of ether oxygens (including phenoxy) is 1. The van der Waals surface area contributed by atoms with Crippen LogP contribution in [0.3, 0.4) is 0 Å². The SMILES string of the molecule is CCCOC(=N[C@H](C)C(C)C)NC(=O)c1ccc(C)cc1. The van der Waals surface area contributed by atoms with Crippen LogP contribution in [0.4, 0.5) is 0 Å². The summed E-state index contributed by atoms with van der Waals surface area (Å²) >= 11 is 0. The van der Waals surface area contributed by atoms with Crippen molar-refractivity contribution in [3.05, 3.63) is 35.4 Å². The summed E-state index contributed by atoms with van der Waals surface area (Å²) in [5.74, 6) is 0.197. The van der Waals surface area contributed by atoms with Crippen molar-refractivity contribution >= 4 is 11.9 Å². The van der Waals surface area contributed by atoms with Crippen LogP contribution in [0.25, 0.3) is 0 Å². The van der Waals surface area contributed by atoms with Crippen molar-refractivity contribution in [1.29, 1.82) is 0 Å². The van der Waals surface area contributed by atoms with Crippen molar-refractivity contribution < 1.29 is 9.53 Å². The average molecular weight is 290 g/mol. The average Bonchev–Trinajstić information content (AvgIpc) is 2.45. The van der Waals surface area contributed by atoms with E-state index >= 15 is 0 Å². The van der Waals surface area contributed by atoms with Crippen molar-refractivity contribution in [2.45, 2.75) is 47.1 Å². The number of rotatable bonds is 5. The lowest BCUT2D eigenvalue weighted by atomic mass is 10.1. The summed E-state index contributed by atoms with van der Waals surface area (Å²) in [5, 5.41) is 2.76. The third-order valence-corrected chi connectivity index (χ3v) is 3.26. The highest BCUT2D eigenvalue weighted by Gasteiger charge is 2.13. The molecule has 0 bridgehead atoms. The Morgan fingerprint density at radius 1 is 1.24 bits per heavy atom. The van der Waals surface area contributed by atoms with Crippen LogP contribution in [-0.2, 0) is 4.74 Å². The van der Waals surface area contributed by atoms with E-state index in [9.17, 15) is 4.79 Å². The van der Waals surface area contributed by atoms with Gasteiger partial charge in [0.15, 0.2) is 0 Å². The lowest BCUT2D eigenvalue weighted by molar-refractivity contribution is 0.0965. The molecule has 0 fully saturated rings. The number of aryl methyl sites for hydroxylation is 1. The quantitative estimate of drug-likeness (QED) is 0.666. The number of nitrogens with one attached hydrogen (secondary N) is 1. The molecular formula is C17H26N2O2. The Kier molecular flexibility index (Phi) is 6.92. The first-order chi connectivity index (χ1) is 9.93. The van der Waals surface area contributed by atoms with E-state index in [2.05, 4.69) is 24.2 Å². The summed E-state index contributed by atoms with van der Waals surface area (Å²) < 4.78 is 5.55. The van der Waals surface area contributed by atoms with E-state index in [1.165, 1.54) is 0 Å². The number of benzene rings is 1. The van der Waals surface area contributed by atoms with E-state index < -0.39 is 0 Å². The molecule has 21 heavy (non-hydrogen) atoms. The fourth-order valence-corrected chi connectivity index (χ4v) is 1.51. The summed E-state index contributed by atoms with van der Waals surface area (Å²) in [6, 6.07) is 7.82. The number of carbonyl (C=O) groups excluding carboxylic acids is 1. The molecule has 0 aromatic heterocycles. The molecule has 0 saturated heterocycles. The smallest absolute Gasteiger partial charge is 0.291 e. The van der Waals surface area contributed by atoms with Crippen molar-refractivity contribution in [2.75, 3.05) is 6.61 Å². The predicted octanol–water partition coefficient (Wildman–Crippen LogP) is 3.55. The highest BCUT2D eigenvalue weighted by Crippen LogP contribution is 2.06. The van der Waals surface area contributed by atoms with E-state index in [1.54, 1.807) is 12.1 Å². The van der Waals surface area contributed by atoms with Gasteiger partial charge in [0, 0.05) is 5.56 Å². The molecule has 4 heteroatoms. The normalized spacial score (nSPS) is 13.1. The Hall–Kier alpha value is -1.84. The maximum absolute atomic E-state index is 12.2. The third kappa shape index (κ3) is 5.98. The molecule has 116 valence electrons. The van der Waals surface area contributed by atoms with Gasteiger partial charge in [-0.1, -0.05) is 38.5 Å². The third-order valence-electron chi connectivity index (χ3n) is 3.26. The first-order valence-corrected chi connectivity index (χ1v) is 7.52. The minimum Gasteiger partial charge on any atom is -0.465 e. The zero-order chi connectivity index (χ0) is 15.8. The lowest BCUT2D eigenvalue weighted by Gasteiger charge is -2.15. The van der Waals surface area contributed by atoms with Crippen LogP contribution in [0.1, 0.15) is 50.0 Å². The molecule has 0 unspecified atom stereocenters. The van der Waals surface area contributed by atoms with Gasteiger partial charge in [0.1, 0.15) is 0 Å². The van der Waals surface area contributed by atoms with Crippen molar-refractivity contribution in [3.63, 3.8) is 0 Å². The second-order valence-corrected chi connectivity index (χ2v) is 5.59. The van der Waals surface area contributed by atoms with Gasteiger partial charge in [-0.3, -0.25) is 10.1 Å². The number of nitrogens with zero attached hydrogens (tertiary/aromatic N) is 1. The van der Waals surface area contributed by atoms with Crippen LogP contribution in [0.2, 0.25) is 0 Å². The summed E-state index contributed by atoms with van der Waals surface area (Å²) in [4.78, 5) is 16.7. The summed E-state index contributed by atoms with van der Waals surface area (Å²) in [6.45, 7) is 10.7. The zero-order valence-corrected chi connectivity index (χ0v) is 13.6. The van der Waals surface area contributed by atoms with Gasteiger partial charge in [-0.25, -0.2) is 4.99 Å². The molecule has 1 aromatic carbocycles. The Morgan fingerprint density at radius 2 is 1.86 bits per heavy atom. The Labute approximate surface area is 127 Å². The molecule has 0 aliphatic rings. The Balaban J connectivity index is 2.80. The molecule has 0 aliphatic carbocycles. The van der Waals surface area contributed by atoms with E-state index in [-0.39, 0.29) is 11.9 Å². The van der Waals surface area contributed by atoms with Crippen LogP contribution >= 0.6 is 0 Å². The van der Waals surface area contributed by atoms with Crippen LogP contribution in [0.5, 0.6) is 0 Å². The van der Waals surface area contributed by atoms with Crippen molar-refractivity contribution in [1.82, 2.24) is 5.32 Å². The largest absolute Gasteiger partial charge is 0.465 e. The molecule has 0 radical (unpaired) electrons. The number of amides is 1. The lowest BCUT2D eigenvalue weighted by Crippen LogP contribution is -2.34. The predicted molar refractivity (Wildman–Crippen MR) is 86.6 cm³/mol. The van der Waals surface area contributed by atoms with Crippen molar-refractivity contribution in [2.24, 2.45) is 10.9 Å². The topological polar surface area (TPSA) is 50.7 Å². The van der Waals surface area contributed by atoms with Crippen LogP contribution in [-0.4, -0.2) is 24.6 Å². The molecule has 4 nitrogen and oxygen atoms in total. The minimum atomic E-state index is -0.194. The zero-order valence-electron chi connectivity index (χ0n) is 13.6. The van der Waals surface area contributed by atoms with Crippen LogP contribution in [0, 0.1) is 12.8 Å². The molecule has 1 rings (SSSR count). The summed E-state index contributed by atoms with van der Waals surface area (Å²) in [7, 11) is 0. The van der Waals surface area contributed by atoms with Gasteiger partial charge in [-0.15, -0.1) is 0 Å². The van der Waals surface area contributed by atoms with E-state index in [0.717, 1.165) is 12.0 Å². The monoisotopic (exact) mass is 290 g/mol. The van der Waals surface area contributed by atoms with E-state index in [0.29, 0.717) is 24.1 Å². The van der Waals surface area contributed by atoms with Crippen LogP contribution in [0.15, 0.2) is 29.3 Å². The molecule has 1 atom stereocenters. The van der Waals surface area contributed by atoms with Gasteiger partial charge in [-0.05, 0) is 38.3 Å². The standard InChI is InChI=1S/C17H26N2O2/c1-6-11-21-17(18-14(5)12(2)3)19-16(20)15-9-7-13(4)8-10-15/h7-10,12,14H,6,11H2,1-5H3,(H,18,19,20)/t14-/m1/s1. The molecule has 0 aliphatic heterocycles. The highest BCUT2D eigenvalue weighted by molar-refractivity contribution is 6.04. The number of carbonyl (C=O) groups is 1. The molecule has 1 amide bonds. The maximum atomic E-state index is 12.2. The van der Waals surface area contributed by atoms with Gasteiger partial charge in [0.05, 0.1) is 12.6 Å². The Bertz CT molecular complexity index is 478.